The maximum Gasteiger partial charge on any atom is 0.146 e. The van der Waals surface area contributed by atoms with Crippen molar-refractivity contribution in [3.05, 3.63) is 12.2 Å². The molecule has 0 saturated carbocycles. The van der Waals surface area contributed by atoms with Gasteiger partial charge in [0.1, 0.15) is 12.2 Å². The molecule has 1 aromatic rings. The summed E-state index contributed by atoms with van der Waals surface area (Å²) in [5.74, 6) is 1.05. The van der Waals surface area contributed by atoms with E-state index in [9.17, 15) is 0 Å². The van der Waals surface area contributed by atoms with Gasteiger partial charge in [-0.2, -0.15) is 0 Å². The molecule has 1 aliphatic heterocycles. The Labute approximate surface area is 96.8 Å². The molecule has 2 heterocycles. The second-order valence-electron chi connectivity index (χ2n) is 4.49. The van der Waals surface area contributed by atoms with Crippen LogP contribution in [0.25, 0.3) is 0 Å². The normalized spacial score (nSPS) is 22.5. The van der Waals surface area contributed by atoms with E-state index in [0.717, 1.165) is 25.5 Å². The van der Waals surface area contributed by atoms with E-state index in [4.69, 9.17) is 0 Å². The highest BCUT2D eigenvalue weighted by Crippen LogP contribution is 2.12. The first-order valence-corrected chi connectivity index (χ1v) is 6.08. The van der Waals surface area contributed by atoms with Crippen molar-refractivity contribution in [1.82, 2.24) is 25.0 Å². The Morgan fingerprint density at radius 1 is 1.56 bits per heavy atom. The van der Waals surface area contributed by atoms with E-state index in [1.807, 2.05) is 11.6 Å². The van der Waals surface area contributed by atoms with E-state index in [0.29, 0.717) is 6.04 Å². The monoisotopic (exact) mass is 223 g/mol. The fraction of sp³-hybridized carbons (Fsp3) is 0.818. The molecule has 5 nitrogen and oxygen atoms in total. The summed E-state index contributed by atoms with van der Waals surface area (Å²) in [5, 5.41) is 11.6. The van der Waals surface area contributed by atoms with Crippen LogP contribution in [0.5, 0.6) is 0 Å². The minimum absolute atomic E-state index is 0.645. The fourth-order valence-corrected chi connectivity index (χ4v) is 2.30. The minimum Gasteiger partial charge on any atom is -0.320 e. The SMILES string of the molecule is CCNC1CCCN(Cc2nncn2C)C1. The zero-order valence-electron chi connectivity index (χ0n) is 10.2. The van der Waals surface area contributed by atoms with Crippen LogP contribution in [0.4, 0.5) is 0 Å². The summed E-state index contributed by atoms with van der Waals surface area (Å²) in [6.45, 7) is 6.44. The zero-order chi connectivity index (χ0) is 11.4. The molecule has 1 atom stereocenters. The number of hydrogen-bond donors (Lipinski definition) is 1. The van der Waals surface area contributed by atoms with E-state index in [2.05, 4.69) is 27.3 Å². The molecule has 16 heavy (non-hydrogen) atoms. The van der Waals surface area contributed by atoms with Crippen LogP contribution in [-0.2, 0) is 13.6 Å². The standard InChI is InChI=1S/C11H21N5/c1-3-12-10-5-4-6-16(7-10)8-11-14-13-9-15(11)2/h9-10,12H,3-8H2,1-2H3. The Bertz CT molecular complexity index is 320. The molecule has 1 N–H and O–H groups in total. The number of likely N-dealkylation sites (tertiary alicyclic amines) is 1. The minimum atomic E-state index is 0.645. The maximum atomic E-state index is 4.13. The van der Waals surface area contributed by atoms with Gasteiger partial charge in [0, 0.05) is 19.6 Å². The quantitative estimate of drug-likeness (QED) is 0.802. The van der Waals surface area contributed by atoms with Crippen molar-refractivity contribution in [1.29, 1.82) is 0 Å². The summed E-state index contributed by atoms with van der Waals surface area (Å²) in [5.41, 5.74) is 0. The number of aryl methyl sites for hydroxylation is 1. The Morgan fingerprint density at radius 3 is 3.12 bits per heavy atom. The molecule has 1 unspecified atom stereocenters. The first-order chi connectivity index (χ1) is 7.79. The van der Waals surface area contributed by atoms with Crippen molar-refractivity contribution in [2.75, 3.05) is 19.6 Å². The lowest BCUT2D eigenvalue weighted by Crippen LogP contribution is -2.45. The van der Waals surface area contributed by atoms with Gasteiger partial charge in [-0.05, 0) is 25.9 Å². The van der Waals surface area contributed by atoms with Crippen LogP contribution in [0.2, 0.25) is 0 Å². The van der Waals surface area contributed by atoms with Crippen molar-refractivity contribution in [2.45, 2.75) is 32.4 Å². The van der Waals surface area contributed by atoms with Gasteiger partial charge in [0.05, 0.1) is 6.54 Å². The molecule has 90 valence electrons. The van der Waals surface area contributed by atoms with Crippen molar-refractivity contribution >= 4 is 0 Å². The molecular formula is C11H21N5. The third-order valence-electron chi connectivity index (χ3n) is 3.17. The molecule has 0 spiro atoms. The molecule has 1 aliphatic rings. The van der Waals surface area contributed by atoms with Gasteiger partial charge in [-0.25, -0.2) is 0 Å². The highest BCUT2D eigenvalue weighted by molar-refractivity contribution is 4.87. The van der Waals surface area contributed by atoms with E-state index >= 15 is 0 Å². The van der Waals surface area contributed by atoms with Gasteiger partial charge < -0.3 is 9.88 Å². The predicted molar refractivity (Wildman–Crippen MR) is 63.0 cm³/mol. The zero-order valence-corrected chi connectivity index (χ0v) is 10.2. The van der Waals surface area contributed by atoms with E-state index < -0.39 is 0 Å². The predicted octanol–water partition coefficient (Wildman–Crippen LogP) is 0.389. The van der Waals surface area contributed by atoms with E-state index in [1.54, 1.807) is 6.33 Å². The first-order valence-electron chi connectivity index (χ1n) is 6.08. The second kappa shape index (κ2) is 5.41. The Kier molecular flexibility index (Phi) is 3.90. The van der Waals surface area contributed by atoms with Crippen LogP contribution < -0.4 is 5.32 Å². The van der Waals surface area contributed by atoms with Crippen molar-refractivity contribution in [2.24, 2.45) is 7.05 Å². The number of nitrogens with zero attached hydrogens (tertiary/aromatic N) is 4. The topological polar surface area (TPSA) is 46.0 Å². The summed E-state index contributed by atoms with van der Waals surface area (Å²) >= 11 is 0. The van der Waals surface area contributed by atoms with Gasteiger partial charge in [0.2, 0.25) is 0 Å². The lowest BCUT2D eigenvalue weighted by Gasteiger charge is -2.32. The lowest BCUT2D eigenvalue weighted by atomic mass is 10.1. The number of aromatic nitrogens is 3. The molecule has 0 aromatic carbocycles. The average molecular weight is 223 g/mol. The van der Waals surface area contributed by atoms with E-state index in [1.165, 1.54) is 19.4 Å². The number of piperidine rings is 1. The number of likely N-dealkylation sites (N-methyl/N-ethyl adjacent to an activating group) is 1. The van der Waals surface area contributed by atoms with Gasteiger partial charge in [0.25, 0.3) is 0 Å². The largest absolute Gasteiger partial charge is 0.320 e. The molecule has 0 radical (unpaired) electrons. The number of hydrogen-bond acceptors (Lipinski definition) is 4. The van der Waals surface area contributed by atoms with Crippen molar-refractivity contribution < 1.29 is 0 Å². The molecule has 1 saturated heterocycles. The van der Waals surface area contributed by atoms with Crippen molar-refractivity contribution in [3.63, 3.8) is 0 Å². The molecule has 2 rings (SSSR count). The van der Waals surface area contributed by atoms with Crippen LogP contribution >= 0.6 is 0 Å². The second-order valence-corrected chi connectivity index (χ2v) is 4.49. The first kappa shape index (κ1) is 11.5. The van der Waals surface area contributed by atoms with Gasteiger partial charge in [-0.15, -0.1) is 10.2 Å². The summed E-state index contributed by atoms with van der Waals surface area (Å²) in [4.78, 5) is 2.46. The number of nitrogens with one attached hydrogen (secondary N) is 1. The average Bonchev–Trinajstić information content (AvgIpc) is 2.66. The van der Waals surface area contributed by atoms with Crippen molar-refractivity contribution in [3.8, 4) is 0 Å². The smallest absolute Gasteiger partial charge is 0.146 e. The van der Waals surface area contributed by atoms with Crippen LogP contribution in [0, 0.1) is 0 Å². The lowest BCUT2D eigenvalue weighted by molar-refractivity contribution is 0.179. The molecule has 1 fully saturated rings. The third kappa shape index (κ3) is 2.80. The van der Waals surface area contributed by atoms with Crippen LogP contribution in [-0.4, -0.2) is 45.3 Å². The van der Waals surface area contributed by atoms with Gasteiger partial charge >= 0.3 is 0 Å². The maximum absolute atomic E-state index is 4.13. The number of rotatable bonds is 4. The van der Waals surface area contributed by atoms with Crippen LogP contribution in [0.1, 0.15) is 25.6 Å². The molecular weight excluding hydrogens is 202 g/mol. The molecule has 0 amide bonds. The summed E-state index contributed by atoms with van der Waals surface area (Å²) in [6, 6.07) is 0.645. The molecule has 0 bridgehead atoms. The molecule has 5 heteroatoms. The van der Waals surface area contributed by atoms with E-state index in [-0.39, 0.29) is 0 Å². The van der Waals surface area contributed by atoms with Gasteiger partial charge in [0.15, 0.2) is 0 Å². The summed E-state index contributed by atoms with van der Waals surface area (Å²) in [7, 11) is 2.00. The van der Waals surface area contributed by atoms with Gasteiger partial charge in [-0.1, -0.05) is 6.92 Å². The van der Waals surface area contributed by atoms with Crippen LogP contribution in [0.3, 0.4) is 0 Å². The summed E-state index contributed by atoms with van der Waals surface area (Å²) in [6.07, 6.45) is 4.33. The molecule has 1 aromatic heterocycles. The third-order valence-corrected chi connectivity index (χ3v) is 3.17. The Hall–Kier alpha value is -0.940. The fourth-order valence-electron chi connectivity index (χ4n) is 2.30. The highest BCUT2D eigenvalue weighted by atomic mass is 15.3. The van der Waals surface area contributed by atoms with Gasteiger partial charge in [-0.3, -0.25) is 4.90 Å². The Morgan fingerprint density at radius 2 is 2.44 bits per heavy atom. The Balaban J connectivity index is 1.88. The highest BCUT2D eigenvalue weighted by Gasteiger charge is 2.20. The molecule has 0 aliphatic carbocycles. The summed E-state index contributed by atoms with van der Waals surface area (Å²) < 4.78 is 2.00. The van der Waals surface area contributed by atoms with Crippen LogP contribution in [0.15, 0.2) is 6.33 Å².